The Morgan fingerprint density at radius 1 is 1.08 bits per heavy atom. The number of amides is 2. The molecule has 2 aromatic rings. The molecule has 6 heteroatoms. The lowest BCUT2D eigenvalue weighted by molar-refractivity contribution is -0.118. The number of ether oxygens (including phenoxy) is 1. The molecule has 0 aliphatic rings. The van der Waals surface area contributed by atoms with Gasteiger partial charge in [0.2, 0.25) is 0 Å². The molecule has 1 aromatic carbocycles. The fraction of sp³-hybridized carbons (Fsp3) is 0.316. The normalized spacial score (nSPS) is 10.2. The number of aromatic nitrogens is 1. The third kappa shape index (κ3) is 5.31. The van der Waals surface area contributed by atoms with Crippen molar-refractivity contribution in [2.24, 2.45) is 0 Å². The number of nitrogens with one attached hydrogen (secondary N) is 1. The van der Waals surface area contributed by atoms with Crippen molar-refractivity contribution in [3.05, 3.63) is 53.9 Å². The maximum atomic E-state index is 12.2. The van der Waals surface area contributed by atoms with Crippen LogP contribution < -0.4 is 10.1 Å². The minimum absolute atomic E-state index is 0.0157. The maximum absolute atomic E-state index is 12.2. The molecule has 132 valence electrons. The van der Waals surface area contributed by atoms with Gasteiger partial charge >= 0.3 is 0 Å². The Morgan fingerprint density at radius 3 is 2.32 bits per heavy atom. The van der Waals surface area contributed by atoms with Gasteiger partial charge in [-0.1, -0.05) is 0 Å². The van der Waals surface area contributed by atoms with Gasteiger partial charge in [-0.25, -0.2) is 0 Å². The summed E-state index contributed by atoms with van der Waals surface area (Å²) in [5, 5.41) is 2.74. The summed E-state index contributed by atoms with van der Waals surface area (Å²) < 4.78 is 5.38. The van der Waals surface area contributed by atoms with E-state index in [1.807, 2.05) is 26.8 Å². The number of carbonyl (C=O) groups is 2. The first-order valence-corrected chi connectivity index (χ1v) is 8.28. The monoisotopic (exact) mass is 341 g/mol. The first-order valence-electron chi connectivity index (χ1n) is 8.28. The Kier molecular flexibility index (Phi) is 6.51. The van der Waals surface area contributed by atoms with Crippen LogP contribution in [0.15, 0.2) is 42.6 Å². The van der Waals surface area contributed by atoms with Crippen LogP contribution >= 0.6 is 0 Å². The molecule has 25 heavy (non-hydrogen) atoms. The molecule has 1 N–H and O–H groups in total. The number of pyridine rings is 1. The summed E-state index contributed by atoms with van der Waals surface area (Å²) >= 11 is 0. The number of nitrogens with zero attached hydrogens (tertiary/aromatic N) is 2. The summed E-state index contributed by atoms with van der Waals surface area (Å²) in [4.78, 5) is 30.0. The van der Waals surface area contributed by atoms with Crippen LogP contribution in [0.2, 0.25) is 0 Å². The fourth-order valence-corrected chi connectivity index (χ4v) is 2.28. The van der Waals surface area contributed by atoms with Gasteiger partial charge in [0.25, 0.3) is 11.8 Å². The second-order valence-corrected chi connectivity index (χ2v) is 5.53. The molecule has 2 rings (SSSR count). The summed E-state index contributed by atoms with van der Waals surface area (Å²) in [7, 11) is 0. The molecule has 6 nitrogen and oxygen atoms in total. The molecule has 0 aliphatic heterocycles. The molecule has 2 amide bonds. The summed E-state index contributed by atoms with van der Waals surface area (Å²) in [6.45, 7) is 6.99. The number of rotatable bonds is 7. The lowest BCUT2D eigenvalue weighted by Gasteiger charge is -2.18. The van der Waals surface area contributed by atoms with E-state index in [-0.39, 0.29) is 18.4 Å². The largest absolute Gasteiger partial charge is 0.482 e. The van der Waals surface area contributed by atoms with E-state index in [0.29, 0.717) is 30.1 Å². The average Bonchev–Trinajstić information content (AvgIpc) is 2.63. The van der Waals surface area contributed by atoms with Crippen LogP contribution in [0.3, 0.4) is 0 Å². The van der Waals surface area contributed by atoms with Crippen molar-refractivity contribution in [2.75, 3.05) is 25.0 Å². The molecule has 1 aromatic heterocycles. The van der Waals surface area contributed by atoms with Gasteiger partial charge in [-0.05, 0) is 57.2 Å². The highest BCUT2D eigenvalue weighted by atomic mass is 16.5. The number of anilines is 1. The molecule has 0 unspecified atom stereocenters. The SMILES string of the molecule is CCN(CC)C(=O)c1ccc(NC(=O)COc2ccc(C)nc2)cc1. The highest BCUT2D eigenvalue weighted by Gasteiger charge is 2.12. The van der Waals surface area contributed by atoms with Gasteiger partial charge in [-0.15, -0.1) is 0 Å². The van der Waals surface area contributed by atoms with Crippen molar-refractivity contribution < 1.29 is 14.3 Å². The predicted molar refractivity (Wildman–Crippen MR) is 96.8 cm³/mol. The Hall–Kier alpha value is -2.89. The van der Waals surface area contributed by atoms with E-state index in [0.717, 1.165) is 5.69 Å². The van der Waals surface area contributed by atoms with Crippen molar-refractivity contribution in [3.63, 3.8) is 0 Å². The Bertz CT molecular complexity index is 708. The molecular formula is C19H23N3O3. The van der Waals surface area contributed by atoms with Gasteiger partial charge in [-0.3, -0.25) is 14.6 Å². The highest BCUT2D eigenvalue weighted by Crippen LogP contribution is 2.12. The van der Waals surface area contributed by atoms with Crippen LogP contribution in [0.1, 0.15) is 29.9 Å². The fourth-order valence-electron chi connectivity index (χ4n) is 2.28. The molecule has 0 atom stereocenters. The van der Waals surface area contributed by atoms with Gasteiger partial charge in [0.15, 0.2) is 6.61 Å². The van der Waals surface area contributed by atoms with Gasteiger partial charge in [-0.2, -0.15) is 0 Å². The Labute approximate surface area is 147 Å². The number of benzene rings is 1. The van der Waals surface area contributed by atoms with Crippen molar-refractivity contribution >= 4 is 17.5 Å². The first-order chi connectivity index (χ1) is 12.0. The van der Waals surface area contributed by atoms with E-state index in [4.69, 9.17) is 4.74 Å². The van der Waals surface area contributed by atoms with E-state index in [2.05, 4.69) is 10.3 Å². The predicted octanol–water partition coefficient (Wildman–Crippen LogP) is 2.89. The molecular weight excluding hydrogens is 318 g/mol. The number of aryl methyl sites for hydroxylation is 1. The second-order valence-electron chi connectivity index (χ2n) is 5.53. The van der Waals surface area contributed by atoms with Gasteiger partial charge in [0.1, 0.15) is 5.75 Å². The number of hydrogen-bond donors (Lipinski definition) is 1. The summed E-state index contributed by atoms with van der Waals surface area (Å²) in [5.41, 5.74) is 2.10. The molecule has 1 heterocycles. The topological polar surface area (TPSA) is 71.5 Å². The number of hydrogen-bond acceptors (Lipinski definition) is 4. The van der Waals surface area contributed by atoms with E-state index in [1.54, 1.807) is 41.4 Å². The quantitative estimate of drug-likeness (QED) is 0.840. The minimum atomic E-state index is -0.275. The third-order valence-corrected chi connectivity index (χ3v) is 3.72. The second kappa shape index (κ2) is 8.82. The van der Waals surface area contributed by atoms with Crippen molar-refractivity contribution in [3.8, 4) is 5.75 Å². The molecule has 0 saturated carbocycles. The average molecular weight is 341 g/mol. The zero-order chi connectivity index (χ0) is 18.2. The molecule has 0 bridgehead atoms. The van der Waals surface area contributed by atoms with Crippen LogP contribution in [-0.4, -0.2) is 41.4 Å². The highest BCUT2D eigenvalue weighted by molar-refractivity contribution is 5.96. The van der Waals surface area contributed by atoms with Crippen LogP contribution in [0, 0.1) is 6.92 Å². The van der Waals surface area contributed by atoms with Crippen LogP contribution in [0.25, 0.3) is 0 Å². The molecule has 0 radical (unpaired) electrons. The van der Waals surface area contributed by atoms with Crippen molar-refractivity contribution in [1.29, 1.82) is 0 Å². The third-order valence-electron chi connectivity index (χ3n) is 3.72. The van der Waals surface area contributed by atoms with Crippen LogP contribution in [-0.2, 0) is 4.79 Å². The van der Waals surface area contributed by atoms with E-state index < -0.39 is 0 Å². The van der Waals surface area contributed by atoms with E-state index in [9.17, 15) is 9.59 Å². The smallest absolute Gasteiger partial charge is 0.262 e. The van der Waals surface area contributed by atoms with Gasteiger partial charge < -0.3 is 15.0 Å². The van der Waals surface area contributed by atoms with Crippen molar-refractivity contribution in [1.82, 2.24) is 9.88 Å². The Balaban J connectivity index is 1.88. The van der Waals surface area contributed by atoms with Crippen LogP contribution in [0.5, 0.6) is 5.75 Å². The van der Waals surface area contributed by atoms with Crippen LogP contribution in [0.4, 0.5) is 5.69 Å². The van der Waals surface area contributed by atoms with Gasteiger partial charge in [0, 0.05) is 30.0 Å². The van der Waals surface area contributed by atoms with Crippen molar-refractivity contribution in [2.45, 2.75) is 20.8 Å². The maximum Gasteiger partial charge on any atom is 0.262 e. The van der Waals surface area contributed by atoms with Gasteiger partial charge in [0.05, 0.1) is 6.20 Å². The molecule has 0 aliphatic carbocycles. The summed E-state index contributed by atoms with van der Waals surface area (Å²) in [5.74, 6) is 0.252. The molecule has 0 fully saturated rings. The summed E-state index contributed by atoms with van der Waals surface area (Å²) in [6.07, 6.45) is 1.58. The lowest BCUT2D eigenvalue weighted by atomic mass is 10.2. The zero-order valence-corrected chi connectivity index (χ0v) is 14.8. The Morgan fingerprint density at radius 2 is 1.76 bits per heavy atom. The first kappa shape index (κ1) is 18.4. The minimum Gasteiger partial charge on any atom is -0.482 e. The molecule has 0 saturated heterocycles. The molecule has 0 spiro atoms. The number of carbonyl (C=O) groups excluding carboxylic acids is 2. The standard InChI is InChI=1S/C19H23N3O3/c1-4-22(5-2)19(24)15-7-9-16(10-8-15)21-18(23)13-25-17-11-6-14(3)20-12-17/h6-12H,4-5,13H2,1-3H3,(H,21,23). The lowest BCUT2D eigenvalue weighted by Crippen LogP contribution is -2.30. The zero-order valence-electron chi connectivity index (χ0n) is 14.8. The van der Waals surface area contributed by atoms with E-state index >= 15 is 0 Å². The van der Waals surface area contributed by atoms with E-state index in [1.165, 1.54) is 0 Å². The summed E-state index contributed by atoms with van der Waals surface area (Å²) in [6, 6.07) is 10.4.